The molecule has 0 aromatic carbocycles. The SMILES string of the molecule is COC1(C)CCC(=O)O1. The molecule has 1 unspecified atom stereocenters. The van der Waals surface area contributed by atoms with Crippen LogP contribution in [0.1, 0.15) is 19.8 Å². The molecule has 0 amide bonds. The van der Waals surface area contributed by atoms with E-state index in [4.69, 9.17) is 9.47 Å². The van der Waals surface area contributed by atoms with Gasteiger partial charge in [0.25, 0.3) is 0 Å². The fourth-order valence-electron chi connectivity index (χ4n) is 0.816. The Morgan fingerprint density at radius 1 is 1.78 bits per heavy atom. The normalized spacial score (nSPS) is 34.7. The van der Waals surface area contributed by atoms with Crippen molar-refractivity contribution in [3.63, 3.8) is 0 Å². The second kappa shape index (κ2) is 1.99. The number of hydrogen-bond donors (Lipinski definition) is 0. The largest absolute Gasteiger partial charge is 0.433 e. The predicted molar refractivity (Wildman–Crippen MR) is 30.7 cm³/mol. The molecule has 0 aromatic rings. The fourth-order valence-corrected chi connectivity index (χ4v) is 0.816. The van der Waals surface area contributed by atoms with Gasteiger partial charge >= 0.3 is 5.97 Å². The molecule has 0 spiro atoms. The fraction of sp³-hybridized carbons (Fsp3) is 0.833. The summed E-state index contributed by atoms with van der Waals surface area (Å²) in [4.78, 5) is 10.5. The molecule has 0 saturated carbocycles. The highest BCUT2D eigenvalue weighted by molar-refractivity contribution is 5.71. The highest BCUT2D eigenvalue weighted by Crippen LogP contribution is 2.25. The number of hydrogen-bond acceptors (Lipinski definition) is 3. The van der Waals surface area contributed by atoms with Gasteiger partial charge in [-0.15, -0.1) is 0 Å². The summed E-state index contributed by atoms with van der Waals surface area (Å²) in [5.41, 5.74) is 0. The minimum Gasteiger partial charge on any atom is -0.433 e. The lowest BCUT2D eigenvalue weighted by Gasteiger charge is -2.19. The van der Waals surface area contributed by atoms with Gasteiger partial charge in [0, 0.05) is 20.5 Å². The van der Waals surface area contributed by atoms with Crippen LogP contribution in [0.4, 0.5) is 0 Å². The lowest BCUT2D eigenvalue weighted by Crippen LogP contribution is -2.25. The Bertz CT molecular complexity index is 132. The summed E-state index contributed by atoms with van der Waals surface area (Å²) in [7, 11) is 1.54. The molecule has 0 aromatic heterocycles. The number of carbonyl (C=O) groups excluding carboxylic acids is 1. The molecular formula is C6H10O3. The molecule has 1 fully saturated rings. The lowest BCUT2D eigenvalue weighted by atomic mass is 10.2. The van der Waals surface area contributed by atoms with Crippen molar-refractivity contribution in [2.45, 2.75) is 25.6 Å². The molecule has 1 atom stereocenters. The van der Waals surface area contributed by atoms with Crippen molar-refractivity contribution < 1.29 is 14.3 Å². The van der Waals surface area contributed by atoms with Crippen LogP contribution in [0.2, 0.25) is 0 Å². The Labute approximate surface area is 53.9 Å². The average Bonchev–Trinajstić information content (AvgIpc) is 2.13. The number of carbonyl (C=O) groups is 1. The van der Waals surface area contributed by atoms with Gasteiger partial charge in [0.1, 0.15) is 0 Å². The third-order valence-corrected chi connectivity index (χ3v) is 1.54. The summed E-state index contributed by atoms with van der Waals surface area (Å²) in [6, 6.07) is 0. The zero-order valence-corrected chi connectivity index (χ0v) is 5.64. The molecule has 9 heavy (non-hydrogen) atoms. The summed E-state index contributed by atoms with van der Waals surface area (Å²) in [5.74, 6) is -0.809. The minimum absolute atomic E-state index is 0.167. The van der Waals surface area contributed by atoms with Crippen molar-refractivity contribution in [3.8, 4) is 0 Å². The van der Waals surface area contributed by atoms with Gasteiger partial charge in [0.15, 0.2) is 0 Å². The average molecular weight is 130 g/mol. The standard InChI is InChI=1S/C6H10O3/c1-6(8-2)4-3-5(7)9-6/h3-4H2,1-2H3. The van der Waals surface area contributed by atoms with E-state index in [-0.39, 0.29) is 5.97 Å². The lowest BCUT2D eigenvalue weighted by molar-refractivity contribution is -0.192. The van der Waals surface area contributed by atoms with Crippen molar-refractivity contribution in [1.29, 1.82) is 0 Å². The maximum Gasteiger partial charge on any atom is 0.308 e. The van der Waals surface area contributed by atoms with E-state index in [2.05, 4.69) is 0 Å². The van der Waals surface area contributed by atoms with E-state index in [1.165, 1.54) is 0 Å². The van der Waals surface area contributed by atoms with Gasteiger partial charge in [-0.1, -0.05) is 0 Å². The van der Waals surface area contributed by atoms with Crippen LogP contribution in [0.3, 0.4) is 0 Å². The number of esters is 1. The van der Waals surface area contributed by atoms with E-state index in [1.54, 1.807) is 14.0 Å². The Morgan fingerprint density at radius 2 is 2.44 bits per heavy atom. The Hall–Kier alpha value is -0.570. The molecule has 0 bridgehead atoms. The highest BCUT2D eigenvalue weighted by atomic mass is 16.7. The molecule has 0 N–H and O–H groups in total. The van der Waals surface area contributed by atoms with E-state index < -0.39 is 5.79 Å². The van der Waals surface area contributed by atoms with Gasteiger partial charge in [-0.05, 0) is 0 Å². The molecule has 0 radical (unpaired) electrons. The molecular weight excluding hydrogens is 120 g/mol. The van der Waals surface area contributed by atoms with Gasteiger partial charge in [-0.3, -0.25) is 4.79 Å². The van der Waals surface area contributed by atoms with Gasteiger partial charge in [0.05, 0.1) is 6.42 Å². The van der Waals surface area contributed by atoms with Crippen molar-refractivity contribution in [3.05, 3.63) is 0 Å². The number of ether oxygens (including phenoxy) is 2. The Balaban J connectivity index is 2.54. The third kappa shape index (κ3) is 1.21. The van der Waals surface area contributed by atoms with Crippen molar-refractivity contribution >= 4 is 5.97 Å². The van der Waals surface area contributed by atoms with E-state index >= 15 is 0 Å². The van der Waals surface area contributed by atoms with Crippen LogP contribution in [0.25, 0.3) is 0 Å². The molecule has 1 aliphatic rings. The molecule has 1 saturated heterocycles. The quantitative estimate of drug-likeness (QED) is 0.490. The first-order chi connectivity index (χ1) is 4.16. The zero-order valence-electron chi connectivity index (χ0n) is 5.64. The number of methoxy groups -OCH3 is 1. The van der Waals surface area contributed by atoms with E-state index in [9.17, 15) is 4.79 Å². The molecule has 0 aliphatic carbocycles. The maximum atomic E-state index is 10.5. The monoisotopic (exact) mass is 130 g/mol. The molecule has 1 rings (SSSR count). The molecule has 3 heteroatoms. The Morgan fingerprint density at radius 3 is 2.67 bits per heavy atom. The predicted octanol–water partition coefficient (Wildman–Crippen LogP) is 0.686. The summed E-state index contributed by atoms with van der Waals surface area (Å²) < 4.78 is 9.76. The highest BCUT2D eigenvalue weighted by Gasteiger charge is 2.35. The van der Waals surface area contributed by atoms with Crippen LogP contribution < -0.4 is 0 Å². The molecule has 1 aliphatic heterocycles. The first-order valence-corrected chi connectivity index (χ1v) is 2.93. The molecule has 52 valence electrons. The van der Waals surface area contributed by atoms with E-state index in [0.717, 1.165) is 0 Å². The van der Waals surface area contributed by atoms with Gasteiger partial charge < -0.3 is 9.47 Å². The van der Waals surface area contributed by atoms with E-state index in [1.807, 2.05) is 0 Å². The Kier molecular flexibility index (Phi) is 1.45. The van der Waals surface area contributed by atoms with Crippen molar-refractivity contribution in [1.82, 2.24) is 0 Å². The number of cyclic esters (lactones) is 1. The van der Waals surface area contributed by atoms with Crippen molar-refractivity contribution in [2.75, 3.05) is 7.11 Å². The summed E-state index contributed by atoms with van der Waals surface area (Å²) in [5, 5.41) is 0. The second-order valence-corrected chi connectivity index (χ2v) is 2.31. The minimum atomic E-state index is -0.642. The zero-order chi connectivity index (χ0) is 6.91. The third-order valence-electron chi connectivity index (χ3n) is 1.54. The van der Waals surface area contributed by atoms with Gasteiger partial charge in [-0.2, -0.15) is 0 Å². The second-order valence-electron chi connectivity index (χ2n) is 2.31. The smallest absolute Gasteiger partial charge is 0.308 e. The van der Waals surface area contributed by atoms with Crippen LogP contribution in [0.15, 0.2) is 0 Å². The summed E-state index contributed by atoms with van der Waals surface area (Å²) >= 11 is 0. The molecule has 1 heterocycles. The first-order valence-electron chi connectivity index (χ1n) is 2.93. The van der Waals surface area contributed by atoms with Gasteiger partial charge in [0.2, 0.25) is 5.79 Å². The van der Waals surface area contributed by atoms with Crippen LogP contribution in [0, 0.1) is 0 Å². The van der Waals surface area contributed by atoms with Crippen LogP contribution >= 0.6 is 0 Å². The topological polar surface area (TPSA) is 35.5 Å². The summed E-state index contributed by atoms with van der Waals surface area (Å²) in [6.07, 6.45) is 1.15. The van der Waals surface area contributed by atoms with Crippen molar-refractivity contribution in [2.24, 2.45) is 0 Å². The maximum absolute atomic E-state index is 10.5. The van der Waals surface area contributed by atoms with Crippen LogP contribution in [0.5, 0.6) is 0 Å². The van der Waals surface area contributed by atoms with Gasteiger partial charge in [-0.25, -0.2) is 0 Å². The number of rotatable bonds is 1. The summed E-state index contributed by atoms with van der Waals surface area (Å²) in [6.45, 7) is 1.76. The molecule has 3 nitrogen and oxygen atoms in total. The first kappa shape index (κ1) is 6.55. The van der Waals surface area contributed by atoms with E-state index in [0.29, 0.717) is 12.8 Å². The van der Waals surface area contributed by atoms with Crippen LogP contribution in [-0.4, -0.2) is 18.9 Å². The van der Waals surface area contributed by atoms with Crippen LogP contribution in [-0.2, 0) is 14.3 Å².